The van der Waals surface area contributed by atoms with E-state index in [0.29, 0.717) is 29.3 Å². The second kappa shape index (κ2) is 7.13. The topological polar surface area (TPSA) is 20.2 Å². The Morgan fingerprint density at radius 3 is 2.24 bits per heavy atom. The number of alkyl halides is 2. The summed E-state index contributed by atoms with van der Waals surface area (Å²) in [5.41, 5.74) is 2.21. The van der Waals surface area contributed by atoms with Crippen molar-refractivity contribution < 1.29 is 5.11 Å². The fourth-order valence-electron chi connectivity index (χ4n) is 1.82. The van der Waals surface area contributed by atoms with Gasteiger partial charge in [0, 0.05) is 11.8 Å². The van der Waals surface area contributed by atoms with Crippen molar-refractivity contribution in [2.75, 3.05) is 11.8 Å². The van der Waals surface area contributed by atoms with E-state index in [-0.39, 0.29) is 0 Å². The van der Waals surface area contributed by atoms with Gasteiger partial charge in [-0.3, -0.25) is 0 Å². The maximum absolute atomic E-state index is 9.80. The van der Waals surface area contributed by atoms with Gasteiger partial charge in [0.1, 0.15) is 5.75 Å². The Morgan fingerprint density at radius 1 is 1.06 bits per heavy atom. The lowest BCUT2D eigenvalue weighted by atomic mass is 9.96. The van der Waals surface area contributed by atoms with Crippen LogP contribution in [0.2, 0.25) is 0 Å². The van der Waals surface area contributed by atoms with Gasteiger partial charge in [0.2, 0.25) is 0 Å². The van der Waals surface area contributed by atoms with Crippen molar-refractivity contribution in [2.24, 2.45) is 11.8 Å². The van der Waals surface area contributed by atoms with E-state index in [2.05, 4.69) is 19.9 Å². The minimum absolute atomic E-state index is 0.365. The summed E-state index contributed by atoms with van der Waals surface area (Å²) < 4.78 is 0. The van der Waals surface area contributed by atoms with Gasteiger partial charge in [-0.2, -0.15) is 0 Å². The Balaban J connectivity index is 2.79. The molecule has 0 aliphatic heterocycles. The molecule has 96 valence electrons. The molecule has 1 aromatic carbocycles. The third kappa shape index (κ3) is 4.77. The van der Waals surface area contributed by atoms with Crippen LogP contribution in [0.1, 0.15) is 25.0 Å². The Hall–Kier alpha value is -0.400. The van der Waals surface area contributed by atoms with Crippen molar-refractivity contribution in [2.45, 2.75) is 26.7 Å². The van der Waals surface area contributed by atoms with Gasteiger partial charge in [-0.25, -0.2) is 0 Å². The number of benzene rings is 1. The highest BCUT2D eigenvalue weighted by atomic mass is 35.5. The number of hydrogen-bond acceptors (Lipinski definition) is 1. The maximum atomic E-state index is 9.80. The highest BCUT2D eigenvalue weighted by Gasteiger charge is 2.09. The average Bonchev–Trinajstić information content (AvgIpc) is 2.33. The first-order chi connectivity index (χ1) is 8.06. The molecule has 0 saturated heterocycles. The number of hydrogen-bond donors (Lipinski definition) is 1. The second-order valence-electron chi connectivity index (χ2n) is 4.89. The summed E-state index contributed by atoms with van der Waals surface area (Å²) in [7, 11) is 0. The number of aromatic hydroxyl groups is 1. The zero-order chi connectivity index (χ0) is 12.8. The van der Waals surface area contributed by atoms with E-state index in [1.165, 1.54) is 5.56 Å². The molecule has 1 rings (SSSR count). The van der Waals surface area contributed by atoms with E-state index in [1.807, 2.05) is 6.07 Å². The zero-order valence-corrected chi connectivity index (χ0v) is 11.9. The molecule has 1 N–H and O–H groups in total. The fraction of sp³-hybridized carbons (Fsp3) is 0.571. The molecule has 2 atom stereocenters. The van der Waals surface area contributed by atoms with Gasteiger partial charge < -0.3 is 5.11 Å². The first kappa shape index (κ1) is 14.7. The van der Waals surface area contributed by atoms with Crippen LogP contribution in [0, 0.1) is 11.8 Å². The number of phenolic OH excluding ortho intramolecular Hbond substituents is 1. The van der Waals surface area contributed by atoms with E-state index in [4.69, 9.17) is 23.2 Å². The first-order valence-electron chi connectivity index (χ1n) is 5.99. The summed E-state index contributed by atoms with van der Waals surface area (Å²) in [4.78, 5) is 0. The van der Waals surface area contributed by atoms with Gasteiger partial charge in [-0.1, -0.05) is 26.0 Å². The minimum Gasteiger partial charge on any atom is -0.508 e. The molecule has 17 heavy (non-hydrogen) atoms. The van der Waals surface area contributed by atoms with Crippen LogP contribution in [-0.2, 0) is 12.8 Å². The summed E-state index contributed by atoms with van der Waals surface area (Å²) in [5.74, 6) is 2.47. The lowest BCUT2D eigenvalue weighted by Crippen LogP contribution is -2.04. The molecule has 0 heterocycles. The van der Waals surface area contributed by atoms with Crippen molar-refractivity contribution >= 4 is 23.2 Å². The molecule has 3 heteroatoms. The molecule has 0 radical (unpaired) electrons. The SMILES string of the molecule is CC(CCl)Cc1ccc(O)c(CC(C)CCl)c1. The molecule has 1 aromatic rings. The zero-order valence-electron chi connectivity index (χ0n) is 10.4. The minimum atomic E-state index is 0.365. The van der Waals surface area contributed by atoms with E-state index in [1.54, 1.807) is 6.07 Å². The summed E-state index contributed by atoms with van der Waals surface area (Å²) in [6.45, 7) is 4.21. The van der Waals surface area contributed by atoms with E-state index < -0.39 is 0 Å². The summed E-state index contributed by atoms with van der Waals surface area (Å²) in [5, 5.41) is 9.80. The van der Waals surface area contributed by atoms with Crippen molar-refractivity contribution in [1.29, 1.82) is 0 Å². The quantitative estimate of drug-likeness (QED) is 0.770. The van der Waals surface area contributed by atoms with Gasteiger partial charge in [0.15, 0.2) is 0 Å². The highest BCUT2D eigenvalue weighted by Crippen LogP contribution is 2.23. The first-order valence-corrected chi connectivity index (χ1v) is 7.06. The van der Waals surface area contributed by atoms with E-state index in [9.17, 15) is 5.11 Å². The van der Waals surface area contributed by atoms with Gasteiger partial charge in [-0.05, 0) is 41.9 Å². The van der Waals surface area contributed by atoms with Crippen molar-refractivity contribution in [3.63, 3.8) is 0 Å². The summed E-state index contributed by atoms with van der Waals surface area (Å²) >= 11 is 11.6. The van der Waals surface area contributed by atoms with E-state index in [0.717, 1.165) is 18.4 Å². The van der Waals surface area contributed by atoms with Crippen LogP contribution >= 0.6 is 23.2 Å². The molecule has 0 amide bonds. The molecule has 0 saturated carbocycles. The Kier molecular flexibility index (Phi) is 6.15. The Morgan fingerprint density at radius 2 is 1.65 bits per heavy atom. The van der Waals surface area contributed by atoms with Gasteiger partial charge in [0.05, 0.1) is 0 Å². The molecule has 0 spiro atoms. The lowest BCUT2D eigenvalue weighted by Gasteiger charge is -2.13. The molecule has 1 nitrogen and oxygen atoms in total. The summed E-state index contributed by atoms with van der Waals surface area (Å²) in [6.07, 6.45) is 1.77. The van der Waals surface area contributed by atoms with Crippen molar-refractivity contribution in [1.82, 2.24) is 0 Å². The lowest BCUT2D eigenvalue weighted by molar-refractivity contribution is 0.462. The van der Waals surface area contributed by atoms with Crippen LogP contribution in [0.5, 0.6) is 5.75 Å². The molecule has 0 aliphatic rings. The van der Waals surface area contributed by atoms with Gasteiger partial charge in [0.25, 0.3) is 0 Å². The molecule has 0 aliphatic carbocycles. The van der Waals surface area contributed by atoms with Crippen molar-refractivity contribution in [3.8, 4) is 5.75 Å². The largest absolute Gasteiger partial charge is 0.508 e. The molecule has 0 fully saturated rings. The predicted octanol–water partition coefficient (Wildman–Crippen LogP) is 4.23. The van der Waals surface area contributed by atoms with Crippen LogP contribution in [-0.4, -0.2) is 16.9 Å². The molecular formula is C14H20Cl2O. The van der Waals surface area contributed by atoms with Gasteiger partial charge >= 0.3 is 0 Å². The van der Waals surface area contributed by atoms with Crippen molar-refractivity contribution in [3.05, 3.63) is 29.3 Å². The fourth-order valence-corrected chi connectivity index (χ4v) is 2.03. The van der Waals surface area contributed by atoms with Crippen LogP contribution in [0.25, 0.3) is 0 Å². The Labute approximate surface area is 114 Å². The number of rotatable bonds is 6. The molecule has 0 aromatic heterocycles. The number of halogens is 2. The van der Waals surface area contributed by atoms with Gasteiger partial charge in [-0.15, -0.1) is 23.2 Å². The monoisotopic (exact) mass is 274 g/mol. The van der Waals surface area contributed by atoms with E-state index >= 15 is 0 Å². The van der Waals surface area contributed by atoms with Crippen LogP contribution in [0.4, 0.5) is 0 Å². The molecule has 2 unspecified atom stereocenters. The maximum Gasteiger partial charge on any atom is 0.118 e. The third-order valence-electron chi connectivity index (χ3n) is 2.82. The third-order valence-corrected chi connectivity index (χ3v) is 3.88. The molecule has 0 bridgehead atoms. The van der Waals surface area contributed by atoms with Crippen LogP contribution < -0.4 is 0 Å². The number of phenols is 1. The highest BCUT2D eigenvalue weighted by molar-refractivity contribution is 6.18. The average molecular weight is 275 g/mol. The van der Waals surface area contributed by atoms with Crippen LogP contribution in [0.15, 0.2) is 18.2 Å². The molecular weight excluding hydrogens is 255 g/mol. The standard InChI is InChI=1S/C14H20Cl2O/c1-10(8-15)5-12-3-4-14(17)13(7-12)6-11(2)9-16/h3-4,7,10-11,17H,5-6,8-9H2,1-2H3. The van der Waals surface area contributed by atoms with Crippen LogP contribution in [0.3, 0.4) is 0 Å². The predicted molar refractivity (Wildman–Crippen MR) is 75.3 cm³/mol. The summed E-state index contributed by atoms with van der Waals surface area (Å²) in [6, 6.07) is 5.81. The smallest absolute Gasteiger partial charge is 0.118 e. The normalized spacial score (nSPS) is 14.6. The Bertz CT molecular complexity index is 352. The second-order valence-corrected chi connectivity index (χ2v) is 5.51.